The predicted octanol–water partition coefficient (Wildman–Crippen LogP) is 5.53. The van der Waals surface area contributed by atoms with Crippen LogP contribution in [-0.4, -0.2) is 39.4 Å². The molecule has 0 fully saturated rings. The largest absolute Gasteiger partial charge is 0.384 e. The number of amides is 1. The lowest BCUT2D eigenvalue weighted by Crippen LogP contribution is -2.27. The van der Waals surface area contributed by atoms with E-state index in [9.17, 15) is 13.2 Å². The van der Waals surface area contributed by atoms with Crippen molar-refractivity contribution in [3.8, 4) is 0 Å². The van der Waals surface area contributed by atoms with Gasteiger partial charge in [0.2, 0.25) is 5.91 Å². The molecule has 0 atom stereocenters. The molecule has 0 saturated heterocycles. The second-order valence-electron chi connectivity index (χ2n) is 8.42. The summed E-state index contributed by atoms with van der Waals surface area (Å²) in [4.78, 5) is 16.9. The average molecular weight is 558 g/mol. The third-order valence-corrected chi connectivity index (χ3v) is 8.12. The fourth-order valence-corrected chi connectivity index (χ4v) is 5.28. The fraction of sp³-hybridized carbons (Fsp3) is 0.185. The lowest BCUT2D eigenvalue weighted by Gasteiger charge is -2.20. The van der Waals surface area contributed by atoms with E-state index in [1.54, 1.807) is 30.5 Å². The number of carbonyl (C=O) groups excluding carboxylic acids is 1. The number of rotatable bonds is 10. The Morgan fingerprint density at radius 1 is 0.919 bits per heavy atom. The molecule has 0 aliphatic rings. The second kappa shape index (κ2) is 11.8. The van der Waals surface area contributed by atoms with Gasteiger partial charge in [-0.1, -0.05) is 35.3 Å². The molecular weight excluding hydrogens is 531 g/mol. The van der Waals surface area contributed by atoms with Crippen LogP contribution in [0.5, 0.6) is 0 Å². The molecule has 0 radical (unpaired) electrons. The van der Waals surface area contributed by atoms with Crippen molar-refractivity contribution in [2.75, 3.05) is 29.8 Å². The third kappa shape index (κ3) is 6.71. The van der Waals surface area contributed by atoms with Gasteiger partial charge in [0, 0.05) is 47.5 Å². The summed E-state index contributed by atoms with van der Waals surface area (Å²) in [6, 6.07) is 20.4. The van der Waals surface area contributed by atoms with Gasteiger partial charge in [0.1, 0.15) is 0 Å². The molecule has 0 bridgehead atoms. The van der Waals surface area contributed by atoms with Gasteiger partial charge < -0.3 is 10.6 Å². The van der Waals surface area contributed by atoms with Gasteiger partial charge in [0.25, 0.3) is 10.0 Å². The molecule has 1 aromatic heterocycles. The van der Waals surface area contributed by atoms with Gasteiger partial charge in [0.05, 0.1) is 22.5 Å². The number of hydrogen-bond acceptors (Lipinski definition) is 5. The fourth-order valence-electron chi connectivity index (χ4n) is 3.79. The van der Waals surface area contributed by atoms with E-state index in [1.165, 1.54) is 35.6 Å². The van der Waals surface area contributed by atoms with Gasteiger partial charge in [-0.05, 0) is 72.6 Å². The minimum atomic E-state index is -3.72. The van der Waals surface area contributed by atoms with Gasteiger partial charge in [-0.25, -0.2) is 8.42 Å². The Hall–Kier alpha value is -3.33. The summed E-state index contributed by atoms with van der Waals surface area (Å²) in [5.74, 6) is -0.0982. The van der Waals surface area contributed by atoms with E-state index in [0.717, 1.165) is 28.6 Å². The monoisotopic (exact) mass is 556 g/mol. The number of anilines is 2. The number of nitrogens with one attached hydrogen (secondary N) is 2. The highest BCUT2D eigenvalue weighted by molar-refractivity contribution is 7.92. The quantitative estimate of drug-likeness (QED) is 0.251. The molecule has 4 rings (SSSR count). The number of halogens is 2. The van der Waals surface area contributed by atoms with Crippen molar-refractivity contribution in [1.29, 1.82) is 0 Å². The molecule has 1 amide bonds. The van der Waals surface area contributed by atoms with Crippen molar-refractivity contribution in [3.63, 3.8) is 0 Å². The first-order valence-electron chi connectivity index (χ1n) is 11.6. The Bertz CT molecular complexity index is 1490. The molecule has 10 heteroatoms. The van der Waals surface area contributed by atoms with Gasteiger partial charge in [-0.15, -0.1) is 0 Å². The lowest BCUT2D eigenvalue weighted by molar-refractivity contribution is -0.120. The van der Waals surface area contributed by atoms with Crippen molar-refractivity contribution in [2.45, 2.75) is 17.7 Å². The first kappa shape index (κ1) is 26.7. The van der Waals surface area contributed by atoms with Gasteiger partial charge in [-0.3, -0.25) is 14.1 Å². The van der Waals surface area contributed by atoms with Crippen LogP contribution in [0.3, 0.4) is 0 Å². The summed E-state index contributed by atoms with van der Waals surface area (Å²) >= 11 is 11.9. The van der Waals surface area contributed by atoms with Gasteiger partial charge in [0.15, 0.2) is 0 Å². The summed E-state index contributed by atoms with van der Waals surface area (Å²) in [6.07, 6.45) is 2.69. The number of fused-ring (bicyclic) bond motifs is 1. The molecule has 4 aromatic rings. The Morgan fingerprint density at radius 3 is 2.35 bits per heavy atom. The number of aromatic nitrogens is 1. The summed E-state index contributed by atoms with van der Waals surface area (Å²) < 4.78 is 26.9. The van der Waals surface area contributed by atoms with Crippen LogP contribution in [0, 0.1) is 0 Å². The van der Waals surface area contributed by atoms with Crippen molar-refractivity contribution in [3.05, 3.63) is 94.6 Å². The van der Waals surface area contributed by atoms with Gasteiger partial charge >= 0.3 is 0 Å². The first-order valence-corrected chi connectivity index (χ1v) is 13.8. The maximum Gasteiger partial charge on any atom is 0.264 e. The number of sulfonamides is 1. The van der Waals surface area contributed by atoms with Crippen LogP contribution >= 0.6 is 23.2 Å². The maximum absolute atomic E-state index is 12.9. The zero-order valence-corrected chi connectivity index (χ0v) is 22.4. The van der Waals surface area contributed by atoms with Crippen LogP contribution in [0.25, 0.3) is 10.9 Å². The molecule has 192 valence electrons. The SMILES string of the molecule is CN(c1ccc(CC(=O)NCCCNc2ccnc3cc(Cl)ccc23)cc1)S(=O)(=O)c1ccc(Cl)cc1. The molecule has 2 N–H and O–H groups in total. The second-order valence-corrected chi connectivity index (χ2v) is 11.3. The first-order chi connectivity index (χ1) is 17.7. The van der Waals surface area contributed by atoms with Crippen LogP contribution in [0.2, 0.25) is 10.0 Å². The van der Waals surface area contributed by atoms with E-state index in [0.29, 0.717) is 28.8 Å². The molecule has 37 heavy (non-hydrogen) atoms. The van der Waals surface area contributed by atoms with Crippen LogP contribution in [-0.2, 0) is 21.2 Å². The predicted molar refractivity (Wildman–Crippen MR) is 150 cm³/mol. The van der Waals surface area contributed by atoms with Crippen molar-refractivity contribution >= 4 is 61.4 Å². The highest BCUT2D eigenvalue weighted by atomic mass is 35.5. The molecule has 0 spiro atoms. The minimum absolute atomic E-state index is 0.0982. The van der Waals surface area contributed by atoms with E-state index < -0.39 is 10.0 Å². The van der Waals surface area contributed by atoms with E-state index in [1.807, 2.05) is 24.3 Å². The average Bonchev–Trinajstić information content (AvgIpc) is 2.88. The molecule has 1 heterocycles. The van der Waals surface area contributed by atoms with Crippen LogP contribution in [0.1, 0.15) is 12.0 Å². The smallest absolute Gasteiger partial charge is 0.264 e. The molecule has 0 aliphatic carbocycles. The third-order valence-electron chi connectivity index (χ3n) is 5.83. The Labute approximate surface area is 226 Å². The summed E-state index contributed by atoms with van der Waals surface area (Å²) in [5.41, 5.74) is 3.08. The highest BCUT2D eigenvalue weighted by Gasteiger charge is 2.21. The highest BCUT2D eigenvalue weighted by Crippen LogP contribution is 2.25. The van der Waals surface area contributed by atoms with Crippen LogP contribution in [0.15, 0.2) is 83.9 Å². The standard InChI is InChI=1S/C27H26Cl2N4O3S/c1-33(37(35,36)23-10-5-20(28)6-11-23)22-8-3-19(4-9-22)17-27(34)32-15-2-14-30-25-13-16-31-26-18-21(29)7-12-24(25)26/h3-13,16,18H,2,14-15,17H2,1H3,(H,30,31)(H,32,34). The Kier molecular flexibility index (Phi) is 8.53. The Balaban J connectivity index is 1.24. The van der Waals surface area contributed by atoms with E-state index >= 15 is 0 Å². The lowest BCUT2D eigenvalue weighted by atomic mass is 10.1. The molecular formula is C27H26Cl2N4O3S. The zero-order valence-electron chi connectivity index (χ0n) is 20.1. The van der Waals surface area contributed by atoms with E-state index in [4.69, 9.17) is 23.2 Å². The van der Waals surface area contributed by atoms with Crippen LogP contribution in [0.4, 0.5) is 11.4 Å². The number of hydrogen-bond donors (Lipinski definition) is 2. The van der Waals surface area contributed by atoms with Crippen molar-refractivity contribution in [1.82, 2.24) is 10.3 Å². The number of nitrogens with zero attached hydrogens (tertiary/aromatic N) is 2. The van der Waals surface area contributed by atoms with Crippen molar-refractivity contribution < 1.29 is 13.2 Å². The summed E-state index contributed by atoms with van der Waals surface area (Å²) in [7, 11) is -2.23. The molecule has 3 aromatic carbocycles. The Morgan fingerprint density at radius 2 is 1.62 bits per heavy atom. The molecule has 7 nitrogen and oxygen atoms in total. The number of pyridine rings is 1. The maximum atomic E-state index is 12.9. The topological polar surface area (TPSA) is 91.4 Å². The molecule has 0 unspecified atom stereocenters. The minimum Gasteiger partial charge on any atom is -0.384 e. The van der Waals surface area contributed by atoms with E-state index in [-0.39, 0.29) is 17.2 Å². The molecule has 0 aliphatic heterocycles. The van der Waals surface area contributed by atoms with E-state index in [2.05, 4.69) is 15.6 Å². The van der Waals surface area contributed by atoms with Gasteiger partial charge in [-0.2, -0.15) is 0 Å². The molecule has 0 saturated carbocycles. The zero-order chi connectivity index (χ0) is 26.4. The van der Waals surface area contributed by atoms with Crippen LogP contribution < -0.4 is 14.9 Å². The number of benzene rings is 3. The summed E-state index contributed by atoms with van der Waals surface area (Å²) in [5, 5.41) is 8.40. The number of carbonyl (C=O) groups is 1. The van der Waals surface area contributed by atoms with Crippen molar-refractivity contribution in [2.24, 2.45) is 0 Å². The normalized spacial score (nSPS) is 11.3. The summed E-state index contributed by atoms with van der Waals surface area (Å²) in [6.45, 7) is 1.21.